The number of benzene rings is 2. The molecular formula is C17H19N2O3S-. The maximum atomic E-state index is 12.4. The van der Waals surface area contributed by atoms with Crippen molar-refractivity contribution in [2.45, 2.75) is 12.5 Å². The van der Waals surface area contributed by atoms with Gasteiger partial charge in [0.25, 0.3) is 0 Å². The highest BCUT2D eigenvalue weighted by Crippen LogP contribution is 2.23. The molecule has 0 amide bonds. The van der Waals surface area contributed by atoms with Gasteiger partial charge >= 0.3 is 5.97 Å². The van der Waals surface area contributed by atoms with E-state index in [1.54, 1.807) is 23.9 Å². The Morgan fingerprint density at radius 3 is 2.83 bits per heavy atom. The number of thioether (sulfide) groups is 1. The zero-order chi connectivity index (χ0) is 16.8. The molecule has 0 saturated heterocycles. The summed E-state index contributed by atoms with van der Waals surface area (Å²) in [5, 5.41) is 14.1. The van der Waals surface area contributed by atoms with E-state index in [0.29, 0.717) is 17.7 Å². The minimum absolute atomic E-state index is 0.374. The Morgan fingerprint density at radius 1 is 1.39 bits per heavy atom. The molecule has 122 valence electrons. The van der Waals surface area contributed by atoms with Crippen LogP contribution in [0.25, 0.3) is 10.8 Å². The van der Waals surface area contributed by atoms with Gasteiger partial charge in [-0.05, 0) is 47.4 Å². The summed E-state index contributed by atoms with van der Waals surface area (Å²) < 4.78 is 4.72. The number of rotatable bonds is 6. The van der Waals surface area contributed by atoms with Crippen LogP contribution in [0.4, 0.5) is 5.69 Å². The number of nitrogens with two attached hydrogens (primary N) is 1. The molecule has 0 spiro atoms. The van der Waals surface area contributed by atoms with Crippen LogP contribution >= 0.6 is 11.8 Å². The SMILES string of the molecule is COC(=O)[C@H](CCSC)N=C([O-])c1cc(N)c2ccccc2c1. The third-order valence-corrected chi connectivity index (χ3v) is 4.13. The van der Waals surface area contributed by atoms with Crippen molar-refractivity contribution in [1.82, 2.24) is 0 Å². The smallest absolute Gasteiger partial charge is 0.330 e. The highest BCUT2D eigenvalue weighted by molar-refractivity contribution is 7.98. The van der Waals surface area contributed by atoms with Gasteiger partial charge in [0.2, 0.25) is 0 Å². The van der Waals surface area contributed by atoms with Crippen LogP contribution in [0.15, 0.2) is 41.4 Å². The van der Waals surface area contributed by atoms with E-state index >= 15 is 0 Å². The first-order chi connectivity index (χ1) is 11.1. The molecule has 0 aliphatic carbocycles. The van der Waals surface area contributed by atoms with E-state index in [2.05, 4.69) is 4.99 Å². The number of nitrogen functional groups attached to an aromatic ring is 1. The summed E-state index contributed by atoms with van der Waals surface area (Å²) in [6, 6.07) is 10.1. The zero-order valence-corrected chi connectivity index (χ0v) is 13.9. The maximum absolute atomic E-state index is 12.4. The number of esters is 1. The van der Waals surface area contributed by atoms with Gasteiger partial charge in [0.15, 0.2) is 0 Å². The molecule has 0 aliphatic rings. The van der Waals surface area contributed by atoms with Crippen molar-refractivity contribution in [3.8, 4) is 0 Å². The van der Waals surface area contributed by atoms with Crippen molar-refractivity contribution < 1.29 is 14.6 Å². The second-order valence-electron chi connectivity index (χ2n) is 5.04. The first-order valence-electron chi connectivity index (χ1n) is 7.17. The molecule has 2 rings (SSSR count). The average Bonchev–Trinajstić information content (AvgIpc) is 2.57. The van der Waals surface area contributed by atoms with E-state index in [0.717, 1.165) is 16.5 Å². The van der Waals surface area contributed by atoms with Gasteiger partial charge in [-0.1, -0.05) is 24.3 Å². The van der Waals surface area contributed by atoms with E-state index in [9.17, 15) is 9.90 Å². The van der Waals surface area contributed by atoms with Crippen molar-refractivity contribution in [3.05, 3.63) is 42.0 Å². The third-order valence-electron chi connectivity index (χ3n) is 3.48. The quantitative estimate of drug-likeness (QED) is 0.377. The molecule has 1 atom stereocenters. The maximum Gasteiger partial charge on any atom is 0.330 e. The number of nitrogens with zero attached hydrogens (tertiary/aromatic N) is 1. The summed E-state index contributed by atoms with van der Waals surface area (Å²) in [6.45, 7) is 0. The van der Waals surface area contributed by atoms with Gasteiger partial charge in [0, 0.05) is 11.1 Å². The van der Waals surface area contributed by atoms with Crippen LogP contribution in [-0.4, -0.2) is 37.0 Å². The van der Waals surface area contributed by atoms with Crippen LogP contribution in [0.5, 0.6) is 0 Å². The lowest BCUT2D eigenvalue weighted by molar-refractivity contribution is -0.213. The molecule has 0 fully saturated rings. The van der Waals surface area contributed by atoms with Gasteiger partial charge in [0.1, 0.15) is 6.04 Å². The summed E-state index contributed by atoms with van der Waals surface area (Å²) in [7, 11) is 1.29. The number of carbonyl (C=O) groups is 1. The van der Waals surface area contributed by atoms with Gasteiger partial charge < -0.3 is 15.6 Å². The van der Waals surface area contributed by atoms with Crippen LogP contribution in [0.3, 0.4) is 0 Å². The van der Waals surface area contributed by atoms with Gasteiger partial charge in [-0.3, -0.25) is 4.99 Å². The molecule has 0 saturated carbocycles. The fourth-order valence-corrected chi connectivity index (χ4v) is 2.74. The lowest BCUT2D eigenvalue weighted by atomic mass is 10.0. The second kappa shape index (κ2) is 7.87. The molecule has 2 aromatic carbocycles. The second-order valence-corrected chi connectivity index (χ2v) is 6.03. The van der Waals surface area contributed by atoms with Crippen LogP contribution in [0.1, 0.15) is 12.0 Å². The molecule has 5 nitrogen and oxygen atoms in total. The monoisotopic (exact) mass is 331 g/mol. The van der Waals surface area contributed by atoms with Crippen molar-refractivity contribution >= 4 is 40.1 Å². The zero-order valence-electron chi connectivity index (χ0n) is 13.1. The highest BCUT2D eigenvalue weighted by atomic mass is 32.2. The summed E-state index contributed by atoms with van der Waals surface area (Å²) in [5.74, 6) is -0.240. The number of ether oxygens (including phenoxy) is 1. The predicted octanol–water partition coefficient (Wildman–Crippen LogP) is 1.82. The molecule has 0 unspecified atom stereocenters. The lowest BCUT2D eigenvalue weighted by Gasteiger charge is -2.17. The van der Waals surface area contributed by atoms with Gasteiger partial charge in [-0.15, -0.1) is 0 Å². The number of methoxy groups -OCH3 is 1. The van der Waals surface area contributed by atoms with Crippen LogP contribution in [0, 0.1) is 0 Å². The predicted molar refractivity (Wildman–Crippen MR) is 93.7 cm³/mol. The van der Waals surface area contributed by atoms with Crippen molar-refractivity contribution in [3.63, 3.8) is 0 Å². The van der Waals surface area contributed by atoms with E-state index in [1.165, 1.54) is 7.11 Å². The summed E-state index contributed by atoms with van der Waals surface area (Å²) in [5.41, 5.74) is 6.89. The minimum Gasteiger partial charge on any atom is -0.858 e. The Morgan fingerprint density at radius 2 is 2.13 bits per heavy atom. The van der Waals surface area contributed by atoms with Crippen LogP contribution < -0.4 is 10.8 Å². The molecule has 23 heavy (non-hydrogen) atoms. The van der Waals surface area contributed by atoms with Crippen molar-refractivity contribution in [1.29, 1.82) is 0 Å². The molecule has 0 bridgehead atoms. The molecule has 6 heteroatoms. The van der Waals surface area contributed by atoms with Crippen LogP contribution in [0.2, 0.25) is 0 Å². The van der Waals surface area contributed by atoms with Crippen molar-refractivity contribution in [2.24, 2.45) is 4.99 Å². The third kappa shape index (κ3) is 4.16. The standard InChI is InChI=1S/C17H20N2O3S/c1-22-17(21)15(7-8-23-2)19-16(20)12-9-11-5-3-4-6-13(11)14(18)10-12/h3-6,9-10,15H,7-8,18H2,1-2H3,(H,19,20)/p-1/t15-/m0/s1. The molecule has 2 aromatic rings. The summed E-state index contributed by atoms with van der Waals surface area (Å²) in [6.07, 6.45) is 2.39. The van der Waals surface area contributed by atoms with E-state index in [4.69, 9.17) is 10.5 Å². The topological polar surface area (TPSA) is 87.7 Å². The average molecular weight is 331 g/mol. The first kappa shape index (κ1) is 17.1. The number of fused-ring (bicyclic) bond motifs is 1. The normalized spacial score (nSPS) is 13.0. The van der Waals surface area contributed by atoms with Gasteiger partial charge in [-0.2, -0.15) is 11.8 Å². The Balaban J connectivity index is 2.36. The van der Waals surface area contributed by atoms with E-state index < -0.39 is 17.9 Å². The molecule has 2 N–H and O–H groups in total. The summed E-state index contributed by atoms with van der Waals surface area (Å²) >= 11 is 1.59. The fraction of sp³-hybridized carbons (Fsp3) is 0.294. The van der Waals surface area contributed by atoms with Gasteiger partial charge in [-0.25, -0.2) is 4.79 Å². The highest BCUT2D eigenvalue weighted by Gasteiger charge is 2.17. The van der Waals surface area contributed by atoms with E-state index in [1.807, 2.05) is 30.5 Å². The fourth-order valence-electron chi connectivity index (χ4n) is 2.28. The van der Waals surface area contributed by atoms with Crippen molar-refractivity contribution in [2.75, 3.05) is 24.9 Å². The molecular weight excluding hydrogens is 312 g/mol. The summed E-state index contributed by atoms with van der Waals surface area (Å²) in [4.78, 5) is 15.8. The largest absolute Gasteiger partial charge is 0.858 e. The Bertz CT molecular complexity index is 731. The number of anilines is 1. The lowest BCUT2D eigenvalue weighted by Crippen LogP contribution is -2.28. The van der Waals surface area contributed by atoms with Crippen LogP contribution in [-0.2, 0) is 9.53 Å². The Labute approximate surface area is 139 Å². The number of hydrogen-bond donors (Lipinski definition) is 1. The van der Waals surface area contributed by atoms with E-state index in [-0.39, 0.29) is 0 Å². The number of carbonyl (C=O) groups excluding carboxylic acids is 1. The molecule has 0 aliphatic heterocycles. The Hall–Kier alpha value is -2.21. The number of hydrogen-bond acceptors (Lipinski definition) is 6. The van der Waals surface area contributed by atoms with Gasteiger partial charge in [0.05, 0.1) is 7.11 Å². The molecule has 0 heterocycles. The number of aliphatic imine (C=N–C) groups is 1. The molecule has 0 aromatic heterocycles. The molecule has 0 radical (unpaired) electrons. The Kier molecular flexibility index (Phi) is 5.87. The minimum atomic E-state index is -0.785. The first-order valence-corrected chi connectivity index (χ1v) is 8.56.